The number of carbonyl (C=O) groups is 1. The minimum atomic E-state index is -0.560. The van der Waals surface area contributed by atoms with Crippen molar-refractivity contribution < 1.29 is 13.6 Å². The van der Waals surface area contributed by atoms with E-state index in [4.69, 9.17) is 11.5 Å². The summed E-state index contributed by atoms with van der Waals surface area (Å²) in [5, 5.41) is 0. The Hall–Kier alpha value is -3.48. The van der Waals surface area contributed by atoms with Crippen LogP contribution >= 0.6 is 0 Å². The van der Waals surface area contributed by atoms with E-state index in [1.807, 2.05) is 4.57 Å². The maximum Gasteiger partial charge on any atom is 0.282 e. The van der Waals surface area contributed by atoms with E-state index in [-0.39, 0.29) is 17.6 Å². The molecule has 7 heteroatoms. The summed E-state index contributed by atoms with van der Waals surface area (Å²) in [6, 6.07) is 14.0. The fourth-order valence-electron chi connectivity index (χ4n) is 3.11. The number of aryl methyl sites for hydroxylation is 1. The Bertz CT molecular complexity index is 1040. The normalized spacial score (nSPS) is 10.7. The van der Waals surface area contributed by atoms with Gasteiger partial charge in [-0.1, -0.05) is 24.3 Å². The third-order valence-electron chi connectivity index (χ3n) is 4.49. The molecule has 0 aliphatic heterocycles. The lowest BCUT2D eigenvalue weighted by atomic mass is 10.1. The van der Waals surface area contributed by atoms with Crippen LogP contribution in [0.15, 0.2) is 59.6 Å². The van der Waals surface area contributed by atoms with E-state index in [0.29, 0.717) is 35.5 Å². The first-order valence-corrected chi connectivity index (χ1v) is 8.69. The first-order chi connectivity index (χ1) is 13.3. The van der Waals surface area contributed by atoms with Crippen LogP contribution in [0.5, 0.6) is 0 Å². The van der Waals surface area contributed by atoms with Crippen molar-refractivity contribution in [3.63, 3.8) is 0 Å². The molecule has 0 radical (unpaired) electrons. The Morgan fingerprint density at radius 1 is 1.04 bits per heavy atom. The number of amides is 1. The second-order valence-electron chi connectivity index (χ2n) is 6.41. The zero-order valence-corrected chi connectivity index (χ0v) is 15.3. The predicted molar refractivity (Wildman–Crippen MR) is 105 cm³/mol. The average molecular weight is 382 g/mol. The Morgan fingerprint density at radius 2 is 1.75 bits per heavy atom. The molecule has 0 saturated carbocycles. The molecule has 28 heavy (non-hydrogen) atoms. The van der Waals surface area contributed by atoms with E-state index in [0.717, 1.165) is 5.56 Å². The van der Waals surface area contributed by atoms with Crippen molar-refractivity contribution in [2.24, 2.45) is 16.5 Å². The Kier molecular flexibility index (Phi) is 5.54. The molecule has 0 unspecified atom stereocenters. The molecule has 3 rings (SSSR count). The van der Waals surface area contributed by atoms with E-state index in [2.05, 4.69) is 4.99 Å². The third-order valence-corrected chi connectivity index (χ3v) is 4.49. The molecular formula is C21H20F2N4O. The molecule has 1 heterocycles. The lowest BCUT2D eigenvalue weighted by Gasteiger charge is -2.12. The molecule has 0 atom stereocenters. The van der Waals surface area contributed by atoms with Crippen molar-refractivity contribution in [3.8, 4) is 11.3 Å². The number of aliphatic imine (C=N–C) groups is 1. The summed E-state index contributed by atoms with van der Waals surface area (Å²) in [5.74, 6) is -1.56. The average Bonchev–Trinajstić information content (AvgIpc) is 2.97. The van der Waals surface area contributed by atoms with Crippen molar-refractivity contribution in [1.82, 2.24) is 4.57 Å². The zero-order chi connectivity index (χ0) is 20.3. The first-order valence-electron chi connectivity index (χ1n) is 8.69. The Labute approximate surface area is 161 Å². The summed E-state index contributed by atoms with van der Waals surface area (Å²) >= 11 is 0. The lowest BCUT2D eigenvalue weighted by molar-refractivity contribution is 0.100. The highest BCUT2D eigenvalue weighted by atomic mass is 19.1. The Balaban J connectivity index is 2.02. The highest BCUT2D eigenvalue weighted by Gasteiger charge is 2.18. The zero-order valence-electron chi connectivity index (χ0n) is 15.3. The van der Waals surface area contributed by atoms with Crippen LogP contribution in [0.2, 0.25) is 0 Å². The monoisotopic (exact) mass is 382 g/mol. The van der Waals surface area contributed by atoms with Gasteiger partial charge in [-0.2, -0.15) is 4.99 Å². The van der Waals surface area contributed by atoms with Crippen molar-refractivity contribution in [3.05, 3.63) is 83.1 Å². The topological polar surface area (TPSA) is 86.4 Å². The number of hydrogen-bond acceptors (Lipinski definition) is 1. The number of carbonyl (C=O) groups excluding carboxylic acids is 1. The molecule has 2 aromatic carbocycles. The number of rotatable bonds is 5. The van der Waals surface area contributed by atoms with Crippen LogP contribution < -0.4 is 11.5 Å². The van der Waals surface area contributed by atoms with Gasteiger partial charge in [0.15, 0.2) is 5.96 Å². The van der Waals surface area contributed by atoms with Gasteiger partial charge in [0.1, 0.15) is 11.6 Å². The molecule has 0 saturated heterocycles. The van der Waals surface area contributed by atoms with Gasteiger partial charge < -0.3 is 16.0 Å². The molecule has 3 aromatic rings. The fraction of sp³-hybridized carbons (Fsp3) is 0.143. The number of halogens is 2. The summed E-state index contributed by atoms with van der Waals surface area (Å²) in [5.41, 5.74) is 13.9. The quantitative estimate of drug-likeness (QED) is 0.524. The van der Waals surface area contributed by atoms with E-state index in [9.17, 15) is 13.6 Å². The molecule has 0 spiro atoms. The molecule has 1 aromatic heterocycles. The van der Waals surface area contributed by atoms with Gasteiger partial charge in [0.2, 0.25) is 0 Å². The van der Waals surface area contributed by atoms with Gasteiger partial charge in [0.05, 0.1) is 5.56 Å². The van der Waals surface area contributed by atoms with Gasteiger partial charge in [-0.3, -0.25) is 4.79 Å². The summed E-state index contributed by atoms with van der Waals surface area (Å²) in [6.45, 7) is 2.29. The van der Waals surface area contributed by atoms with Gasteiger partial charge in [0.25, 0.3) is 5.91 Å². The van der Waals surface area contributed by atoms with Gasteiger partial charge in [0, 0.05) is 23.5 Å². The second-order valence-corrected chi connectivity index (χ2v) is 6.41. The smallest absolute Gasteiger partial charge is 0.282 e. The highest BCUT2D eigenvalue weighted by Crippen LogP contribution is 2.27. The molecule has 4 N–H and O–H groups in total. The van der Waals surface area contributed by atoms with Crippen LogP contribution in [0.3, 0.4) is 0 Å². The maximum atomic E-state index is 13.7. The molecule has 0 bridgehead atoms. The van der Waals surface area contributed by atoms with Gasteiger partial charge in [-0.25, -0.2) is 8.78 Å². The van der Waals surface area contributed by atoms with E-state index < -0.39 is 5.91 Å². The van der Waals surface area contributed by atoms with Gasteiger partial charge >= 0.3 is 0 Å². The maximum absolute atomic E-state index is 13.7. The molecule has 5 nitrogen and oxygen atoms in total. The standard InChI is InChI=1S/C21H20F2N4O/c1-13-18(20(28)26-21(24)25)12-19(15-3-2-4-17(23)11-15)27(13)10-9-14-5-7-16(22)8-6-14/h2-8,11-12H,9-10H2,1H3,(H4,24,25,26,28). The summed E-state index contributed by atoms with van der Waals surface area (Å²) in [7, 11) is 0. The number of nitrogens with two attached hydrogens (primary N) is 2. The number of benzene rings is 2. The van der Waals surface area contributed by atoms with Crippen LogP contribution in [0.1, 0.15) is 21.6 Å². The van der Waals surface area contributed by atoms with Gasteiger partial charge in [-0.05, 0) is 49.2 Å². The third kappa shape index (κ3) is 4.25. The van der Waals surface area contributed by atoms with E-state index >= 15 is 0 Å². The SMILES string of the molecule is Cc1c(C(=O)N=C(N)N)cc(-c2cccc(F)c2)n1CCc1ccc(F)cc1. The van der Waals surface area contributed by atoms with Crippen molar-refractivity contribution in [2.75, 3.05) is 0 Å². The predicted octanol–water partition coefficient (Wildman–Crippen LogP) is 3.40. The second kappa shape index (κ2) is 8.04. The molecular weight excluding hydrogens is 362 g/mol. The Morgan fingerprint density at radius 3 is 2.39 bits per heavy atom. The van der Waals surface area contributed by atoms with Crippen molar-refractivity contribution in [1.29, 1.82) is 0 Å². The summed E-state index contributed by atoms with van der Waals surface area (Å²) in [6.07, 6.45) is 0.605. The number of aromatic nitrogens is 1. The van der Waals surface area contributed by atoms with Crippen molar-refractivity contribution >= 4 is 11.9 Å². The van der Waals surface area contributed by atoms with Crippen LogP contribution in [-0.2, 0) is 13.0 Å². The summed E-state index contributed by atoms with van der Waals surface area (Å²) in [4.78, 5) is 16.0. The number of hydrogen-bond donors (Lipinski definition) is 2. The minimum Gasteiger partial charge on any atom is -0.370 e. The number of guanidine groups is 1. The molecule has 0 aliphatic carbocycles. The minimum absolute atomic E-state index is 0.300. The first kappa shape index (κ1) is 19.3. The molecule has 0 fully saturated rings. The van der Waals surface area contributed by atoms with Crippen LogP contribution in [0.4, 0.5) is 8.78 Å². The van der Waals surface area contributed by atoms with Crippen LogP contribution in [0, 0.1) is 18.6 Å². The molecule has 1 amide bonds. The van der Waals surface area contributed by atoms with Crippen LogP contribution in [-0.4, -0.2) is 16.4 Å². The fourth-order valence-corrected chi connectivity index (χ4v) is 3.11. The summed E-state index contributed by atoms with van der Waals surface area (Å²) < 4.78 is 28.8. The largest absolute Gasteiger partial charge is 0.370 e. The van der Waals surface area contributed by atoms with Gasteiger partial charge in [-0.15, -0.1) is 0 Å². The number of nitrogens with zero attached hydrogens (tertiary/aromatic N) is 2. The van der Waals surface area contributed by atoms with Crippen molar-refractivity contribution in [2.45, 2.75) is 19.9 Å². The molecule has 144 valence electrons. The van der Waals surface area contributed by atoms with E-state index in [1.54, 1.807) is 37.3 Å². The molecule has 0 aliphatic rings. The highest BCUT2D eigenvalue weighted by molar-refractivity contribution is 6.03. The lowest BCUT2D eigenvalue weighted by Crippen LogP contribution is -2.24. The van der Waals surface area contributed by atoms with E-state index in [1.165, 1.54) is 24.3 Å². The van der Waals surface area contributed by atoms with Crippen LogP contribution in [0.25, 0.3) is 11.3 Å².